The van der Waals surface area contributed by atoms with Gasteiger partial charge in [0.25, 0.3) is 0 Å². The minimum atomic E-state index is 0.324. The lowest BCUT2D eigenvalue weighted by Crippen LogP contribution is -2.49. The molecule has 0 atom stereocenters. The number of hydrogen-bond donors (Lipinski definition) is 2. The van der Waals surface area contributed by atoms with Crippen LogP contribution in [0, 0.1) is 23.7 Å². The Morgan fingerprint density at radius 2 is 1.79 bits per heavy atom. The summed E-state index contributed by atoms with van der Waals surface area (Å²) in [5.74, 6) is 4.84. The van der Waals surface area contributed by atoms with Gasteiger partial charge in [-0.05, 0) is 55.8 Å². The summed E-state index contributed by atoms with van der Waals surface area (Å²) in [7, 11) is 0. The van der Waals surface area contributed by atoms with Crippen LogP contribution >= 0.6 is 0 Å². The number of nitrogens with one attached hydrogen (secondary N) is 1. The molecule has 0 saturated heterocycles. The molecular formula is C14H22N4O. The van der Waals surface area contributed by atoms with Gasteiger partial charge in [-0.15, -0.1) is 5.10 Å². The topological polar surface area (TPSA) is 76.8 Å². The van der Waals surface area contributed by atoms with Crippen LogP contribution in [-0.2, 0) is 11.2 Å². The van der Waals surface area contributed by atoms with Gasteiger partial charge in [-0.2, -0.15) is 4.98 Å². The van der Waals surface area contributed by atoms with Crippen molar-refractivity contribution in [2.45, 2.75) is 44.6 Å². The summed E-state index contributed by atoms with van der Waals surface area (Å²) in [4.78, 5) is 4.12. The maximum absolute atomic E-state index is 6.20. The van der Waals surface area contributed by atoms with Crippen LogP contribution in [0.1, 0.15) is 37.9 Å². The number of aromatic amines is 1. The lowest BCUT2D eigenvalue weighted by atomic mass is 9.55. The molecule has 4 saturated carbocycles. The molecule has 5 rings (SSSR count). The standard InChI is InChI=1S/C14H22N4O/c15-14-16-12(17-18-14)1-2-19-13-10-4-8-3-9(6-10)7-11(13)5-8/h8-11,13H,1-7H2,(H3,15,16,17,18). The van der Waals surface area contributed by atoms with E-state index in [4.69, 9.17) is 10.5 Å². The number of aromatic nitrogens is 3. The zero-order chi connectivity index (χ0) is 12.8. The highest BCUT2D eigenvalue weighted by molar-refractivity contribution is 5.12. The molecule has 5 nitrogen and oxygen atoms in total. The SMILES string of the molecule is Nc1n[nH]c(CCOC2C3CC4CC(C3)CC2C4)n1. The number of nitrogens with zero attached hydrogens (tertiary/aromatic N) is 2. The van der Waals surface area contributed by atoms with E-state index in [0.29, 0.717) is 12.1 Å². The van der Waals surface area contributed by atoms with Gasteiger partial charge in [-0.25, -0.2) is 0 Å². The molecule has 0 unspecified atom stereocenters. The Morgan fingerprint density at radius 1 is 1.11 bits per heavy atom. The molecule has 1 aromatic heterocycles. The van der Waals surface area contributed by atoms with Crippen LogP contribution in [-0.4, -0.2) is 27.9 Å². The molecule has 4 fully saturated rings. The van der Waals surface area contributed by atoms with Crippen LogP contribution < -0.4 is 5.73 Å². The van der Waals surface area contributed by atoms with Gasteiger partial charge in [-0.1, -0.05) is 0 Å². The zero-order valence-corrected chi connectivity index (χ0v) is 11.2. The number of ether oxygens (including phenoxy) is 1. The number of nitrogen functional groups attached to an aromatic ring is 1. The Balaban J connectivity index is 1.33. The minimum Gasteiger partial charge on any atom is -0.377 e. The van der Waals surface area contributed by atoms with Crippen molar-refractivity contribution in [3.63, 3.8) is 0 Å². The molecule has 1 heterocycles. The monoisotopic (exact) mass is 262 g/mol. The minimum absolute atomic E-state index is 0.324. The van der Waals surface area contributed by atoms with E-state index in [1.54, 1.807) is 0 Å². The third kappa shape index (κ3) is 2.14. The van der Waals surface area contributed by atoms with Gasteiger partial charge in [0, 0.05) is 6.42 Å². The molecule has 4 aliphatic rings. The highest BCUT2D eigenvalue weighted by atomic mass is 16.5. The van der Waals surface area contributed by atoms with Gasteiger partial charge >= 0.3 is 0 Å². The molecule has 4 bridgehead atoms. The molecule has 0 amide bonds. The Morgan fingerprint density at radius 3 is 2.37 bits per heavy atom. The number of anilines is 1. The second kappa shape index (κ2) is 4.47. The first-order valence-corrected chi connectivity index (χ1v) is 7.56. The predicted octanol–water partition coefficient (Wildman–Crippen LogP) is 1.77. The van der Waals surface area contributed by atoms with Crippen molar-refractivity contribution in [2.75, 3.05) is 12.3 Å². The van der Waals surface area contributed by atoms with Crippen molar-refractivity contribution in [3.05, 3.63) is 5.82 Å². The summed E-state index contributed by atoms with van der Waals surface area (Å²) in [6.07, 6.45) is 8.43. The molecule has 4 aliphatic carbocycles. The van der Waals surface area contributed by atoms with Crippen molar-refractivity contribution in [2.24, 2.45) is 23.7 Å². The maximum atomic E-state index is 6.20. The first-order chi connectivity index (χ1) is 9.28. The third-order valence-electron chi connectivity index (χ3n) is 5.34. The molecule has 0 spiro atoms. The van der Waals surface area contributed by atoms with Gasteiger partial charge in [-0.3, -0.25) is 5.10 Å². The number of nitrogens with two attached hydrogens (primary N) is 1. The van der Waals surface area contributed by atoms with E-state index in [-0.39, 0.29) is 0 Å². The second-order valence-corrected chi connectivity index (χ2v) is 6.66. The number of hydrogen-bond acceptors (Lipinski definition) is 4. The molecule has 104 valence electrons. The van der Waals surface area contributed by atoms with Gasteiger partial charge in [0.2, 0.25) is 5.95 Å². The Kier molecular flexibility index (Phi) is 2.76. The quantitative estimate of drug-likeness (QED) is 0.867. The highest BCUT2D eigenvalue weighted by Gasteiger charge is 2.48. The van der Waals surface area contributed by atoms with Crippen LogP contribution in [0.5, 0.6) is 0 Å². The fourth-order valence-electron chi connectivity index (χ4n) is 4.86. The van der Waals surface area contributed by atoms with Crippen molar-refractivity contribution in [3.8, 4) is 0 Å². The fourth-order valence-corrected chi connectivity index (χ4v) is 4.86. The van der Waals surface area contributed by atoms with E-state index in [1.807, 2.05) is 0 Å². The van der Waals surface area contributed by atoms with Gasteiger partial charge in [0.05, 0.1) is 12.7 Å². The van der Waals surface area contributed by atoms with Crippen LogP contribution in [0.2, 0.25) is 0 Å². The average molecular weight is 262 g/mol. The maximum Gasteiger partial charge on any atom is 0.239 e. The van der Waals surface area contributed by atoms with Gasteiger partial charge < -0.3 is 10.5 Å². The van der Waals surface area contributed by atoms with Crippen molar-refractivity contribution in [1.29, 1.82) is 0 Å². The fraction of sp³-hybridized carbons (Fsp3) is 0.857. The van der Waals surface area contributed by atoms with Gasteiger partial charge in [0.1, 0.15) is 5.82 Å². The summed E-state index contributed by atoms with van der Waals surface area (Å²) in [5.41, 5.74) is 5.49. The van der Waals surface area contributed by atoms with E-state index >= 15 is 0 Å². The largest absolute Gasteiger partial charge is 0.377 e. The molecule has 0 aliphatic heterocycles. The van der Waals surface area contributed by atoms with E-state index in [9.17, 15) is 0 Å². The smallest absolute Gasteiger partial charge is 0.239 e. The molecule has 5 heteroatoms. The Hall–Kier alpha value is -1.10. The van der Waals surface area contributed by atoms with E-state index < -0.39 is 0 Å². The predicted molar refractivity (Wildman–Crippen MR) is 71.3 cm³/mol. The summed E-state index contributed by atoms with van der Waals surface area (Å²) in [6.45, 7) is 0.738. The van der Waals surface area contributed by atoms with Crippen LogP contribution in [0.25, 0.3) is 0 Å². The normalized spacial score (nSPS) is 39.9. The molecular weight excluding hydrogens is 240 g/mol. The summed E-state index contributed by atoms with van der Waals surface area (Å²) in [5, 5.41) is 6.68. The average Bonchev–Trinajstić information content (AvgIpc) is 2.78. The van der Waals surface area contributed by atoms with E-state index in [0.717, 1.165) is 42.5 Å². The van der Waals surface area contributed by atoms with Crippen molar-refractivity contribution in [1.82, 2.24) is 15.2 Å². The van der Waals surface area contributed by atoms with Crippen molar-refractivity contribution < 1.29 is 4.74 Å². The molecule has 19 heavy (non-hydrogen) atoms. The lowest BCUT2D eigenvalue weighted by Gasteiger charge is -2.54. The highest BCUT2D eigenvalue weighted by Crippen LogP contribution is 2.54. The van der Waals surface area contributed by atoms with Gasteiger partial charge in [0.15, 0.2) is 0 Å². The molecule has 3 N–H and O–H groups in total. The first kappa shape index (κ1) is 11.7. The van der Waals surface area contributed by atoms with Crippen molar-refractivity contribution >= 4 is 5.95 Å². The lowest BCUT2D eigenvalue weighted by molar-refractivity contribution is -0.125. The first-order valence-electron chi connectivity index (χ1n) is 7.56. The summed E-state index contributed by atoms with van der Waals surface area (Å²) >= 11 is 0. The van der Waals surface area contributed by atoms with E-state index in [1.165, 1.54) is 32.1 Å². The summed E-state index contributed by atoms with van der Waals surface area (Å²) in [6, 6.07) is 0. The van der Waals surface area contributed by atoms with Crippen LogP contribution in [0.3, 0.4) is 0 Å². The van der Waals surface area contributed by atoms with E-state index in [2.05, 4.69) is 15.2 Å². The number of rotatable bonds is 4. The molecule has 0 aromatic carbocycles. The second-order valence-electron chi connectivity index (χ2n) is 6.66. The summed E-state index contributed by atoms with van der Waals surface area (Å²) < 4.78 is 6.20. The molecule has 1 aromatic rings. The zero-order valence-electron chi connectivity index (χ0n) is 11.2. The molecule has 0 radical (unpaired) electrons. The van der Waals surface area contributed by atoms with Crippen LogP contribution in [0.15, 0.2) is 0 Å². The van der Waals surface area contributed by atoms with Crippen LogP contribution in [0.4, 0.5) is 5.95 Å². The Bertz CT molecular complexity index is 430. The third-order valence-corrected chi connectivity index (χ3v) is 5.34. The number of H-pyrrole nitrogens is 1. The Labute approximate surface area is 113 Å².